The van der Waals surface area contributed by atoms with Crippen molar-refractivity contribution in [3.05, 3.63) is 70.1 Å². The second kappa shape index (κ2) is 11.1. The van der Waals surface area contributed by atoms with Crippen molar-refractivity contribution in [2.75, 3.05) is 7.05 Å². The minimum atomic E-state index is -1.61. The molecule has 170 valence electrons. The number of hydrogen-bond donors (Lipinski definition) is 0. The van der Waals surface area contributed by atoms with Crippen LogP contribution in [0.5, 0.6) is 11.5 Å². The van der Waals surface area contributed by atoms with Crippen LogP contribution < -0.4 is 9.47 Å². The van der Waals surface area contributed by atoms with Gasteiger partial charge in [0.25, 0.3) is 0 Å². The number of azide groups is 1. The van der Waals surface area contributed by atoms with Crippen LogP contribution in [0.3, 0.4) is 0 Å². The Labute approximate surface area is 194 Å². The Balaban J connectivity index is 2.02. The maximum absolute atomic E-state index is 10.8. The van der Waals surface area contributed by atoms with Crippen LogP contribution in [0, 0.1) is 0 Å². The van der Waals surface area contributed by atoms with E-state index in [-0.39, 0.29) is 0 Å². The van der Waals surface area contributed by atoms with Gasteiger partial charge in [0.15, 0.2) is 5.72 Å². The fourth-order valence-corrected chi connectivity index (χ4v) is 4.10. The van der Waals surface area contributed by atoms with Crippen LogP contribution >= 0.6 is 6.85 Å². The largest absolute Gasteiger partial charge is 0.481 e. The van der Waals surface area contributed by atoms with Gasteiger partial charge in [-0.25, -0.2) is 0 Å². The molecule has 8 nitrogen and oxygen atoms in total. The second-order valence-corrected chi connectivity index (χ2v) is 11.4. The molecule has 10 heteroatoms. The van der Waals surface area contributed by atoms with Crippen molar-refractivity contribution in [3.8, 4) is 11.5 Å². The van der Waals surface area contributed by atoms with E-state index in [4.69, 9.17) is 26.8 Å². The first kappa shape index (κ1) is 25.4. The molecule has 0 fully saturated rings. The highest BCUT2D eigenvalue weighted by atomic mass is 32.4. The quantitative estimate of drug-likeness (QED) is 0.0759. The Kier molecular flexibility index (Phi) is 8.84. The van der Waals surface area contributed by atoms with E-state index in [1.165, 1.54) is 0 Å². The fraction of sp³-hybridized carbons (Fsp3) is 0.364. The monoisotopic (exact) mass is 473 g/mol. The zero-order valence-corrected chi connectivity index (χ0v) is 20.7. The van der Waals surface area contributed by atoms with Gasteiger partial charge in [-0.1, -0.05) is 18.7 Å². The number of nitrogens with zero attached hydrogens (tertiary/aromatic N) is 5. The first-order valence-corrected chi connectivity index (χ1v) is 12.6. The Morgan fingerprint density at radius 3 is 2.09 bits per heavy atom. The molecule has 0 spiro atoms. The minimum Gasteiger partial charge on any atom is -0.481 e. The molecule has 0 bridgehead atoms. The van der Waals surface area contributed by atoms with E-state index in [9.17, 15) is 4.79 Å². The SMILES string of the molecule is CCC(C)(N=[N+]=[N-])Oc1ccc(/C=N/N(C)[PH](=S)C(C)(C)Oc2ccc(C=O)cc2)cc1. The number of rotatable bonds is 11. The van der Waals surface area contributed by atoms with E-state index in [1.54, 1.807) is 54.3 Å². The maximum atomic E-state index is 10.8. The molecule has 2 aromatic rings. The van der Waals surface area contributed by atoms with Crippen LogP contribution in [0.2, 0.25) is 0 Å². The summed E-state index contributed by atoms with van der Waals surface area (Å²) in [7, 11) is 1.84. The van der Waals surface area contributed by atoms with E-state index in [0.717, 1.165) is 11.8 Å². The average Bonchev–Trinajstić information content (AvgIpc) is 2.78. The smallest absolute Gasteiger partial charge is 0.184 e. The average molecular weight is 474 g/mol. The summed E-state index contributed by atoms with van der Waals surface area (Å²) in [5.74, 6) is 1.26. The summed E-state index contributed by atoms with van der Waals surface area (Å²) in [6.07, 6.45) is 3.07. The molecular formula is C22H28N5O3PS. The summed E-state index contributed by atoms with van der Waals surface area (Å²) in [4.78, 5) is 13.7. The van der Waals surface area contributed by atoms with Crippen molar-refractivity contribution < 1.29 is 14.3 Å². The van der Waals surface area contributed by atoms with Crippen molar-refractivity contribution in [1.82, 2.24) is 4.78 Å². The van der Waals surface area contributed by atoms with Gasteiger partial charge in [0.05, 0.1) is 13.1 Å². The van der Waals surface area contributed by atoms with Crippen molar-refractivity contribution in [3.63, 3.8) is 0 Å². The highest BCUT2D eigenvalue weighted by Crippen LogP contribution is 2.43. The number of carbonyl (C=O) groups is 1. The highest BCUT2D eigenvalue weighted by molar-refractivity contribution is 8.04. The van der Waals surface area contributed by atoms with Gasteiger partial charge in [-0.05, 0) is 91.9 Å². The Morgan fingerprint density at radius 1 is 1.06 bits per heavy atom. The van der Waals surface area contributed by atoms with Gasteiger partial charge in [0, 0.05) is 17.5 Å². The Hall–Kier alpha value is -2.86. The number of hydrogen-bond acceptors (Lipinski definition) is 6. The molecule has 0 saturated carbocycles. The summed E-state index contributed by atoms with van der Waals surface area (Å²) in [5, 5.41) is 7.60. The first-order valence-electron chi connectivity index (χ1n) is 10.0. The van der Waals surface area contributed by atoms with Crippen molar-refractivity contribution in [1.29, 1.82) is 0 Å². The van der Waals surface area contributed by atoms with Gasteiger partial charge in [-0.2, -0.15) is 5.10 Å². The van der Waals surface area contributed by atoms with Crippen LogP contribution in [0.4, 0.5) is 0 Å². The fourth-order valence-electron chi connectivity index (χ4n) is 2.68. The Morgan fingerprint density at radius 2 is 1.59 bits per heavy atom. The van der Waals surface area contributed by atoms with E-state index in [1.807, 2.05) is 40.0 Å². The second-order valence-electron chi connectivity index (χ2n) is 7.76. The third-order valence-corrected chi connectivity index (χ3v) is 8.81. The van der Waals surface area contributed by atoms with E-state index in [2.05, 4.69) is 15.1 Å². The van der Waals surface area contributed by atoms with Crippen LogP contribution in [-0.4, -0.2) is 35.4 Å². The van der Waals surface area contributed by atoms with Crippen LogP contribution in [0.1, 0.15) is 50.0 Å². The molecule has 0 amide bonds. The molecule has 0 heterocycles. The molecule has 2 aromatic carbocycles. The number of carbonyl (C=O) groups excluding carboxylic acids is 1. The molecule has 0 aliphatic carbocycles. The molecule has 2 rings (SSSR count). The van der Waals surface area contributed by atoms with Crippen LogP contribution in [0.25, 0.3) is 10.4 Å². The first-order chi connectivity index (χ1) is 15.1. The molecule has 2 unspecified atom stereocenters. The summed E-state index contributed by atoms with van der Waals surface area (Å²) in [6, 6.07) is 14.3. The van der Waals surface area contributed by atoms with Gasteiger partial charge >= 0.3 is 0 Å². The minimum absolute atomic E-state index is 0.549. The predicted octanol–water partition coefficient (Wildman–Crippen LogP) is 5.99. The molecule has 0 aliphatic heterocycles. The van der Waals surface area contributed by atoms with Crippen LogP contribution in [-0.2, 0) is 11.8 Å². The van der Waals surface area contributed by atoms with Crippen molar-refractivity contribution >= 4 is 31.2 Å². The van der Waals surface area contributed by atoms with Gasteiger partial charge in [0.2, 0.25) is 0 Å². The zero-order valence-electron chi connectivity index (χ0n) is 18.8. The molecular weight excluding hydrogens is 445 g/mol. The molecule has 0 N–H and O–H groups in total. The standard InChI is InChI=1S/C22H28N5O3PS/c1-6-22(4,25-26-23)30-20-11-7-17(8-12-20)15-24-27(5)31(32)21(2,3)29-19-13-9-18(16-28)10-14-19/h7-16,31H,6H2,1-5H3/b24-15+. The lowest BCUT2D eigenvalue weighted by atomic mass is 10.2. The lowest BCUT2D eigenvalue weighted by molar-refractivity contribution is 0.0921. The molecule has 2 atom stereocenters. The summed E-state index contributed by atoms with van der Waals surface area (Å²) >= 11 is 5.75. The number of hydrazone groups is 1. The van der Waals surface area contributed by atoms with E-state index in [0.29, 0.717) is 23.5 Å². The maximum Gasteiger partial charge on any atom is 0.184 e. The molecule has 0 aromatic heterocycles. The summed E-state index contributed by atoms with van der Waals surface area (Å²) in [5.41, 5.74) is 9.25. The molecule has 0 aliphatic rings. The highest BCUT2D eigenvalue weighted by Gasteiger charge is 2.27. The van der Waals surface area contributed by atoms with Gasteiger partial charge in [-0.15, -0.1) is 0 Å². The molecule has 0 saturated heterocycles. The zero-order chi connectivity index (χ0) is 23.8. The number of aldehydes is 1. The third kappa shape index (κ3) is 7.09. The van der Waals surface area contributed by atoms with Crippen molar-refractivity contribution in [2.24, 2.45) is 10.2 Å². The van der Waals surface area contributed by atoms with E-state index >= 15 is 0 Å². The summed E-state index contributed by atoms with van der Waals surface area (Å²) < 4.78 is 13.7. The number of benzene rings is 2. The van der Waals surface area contributed by atoms with Gasteiger partial charge in [-0.3, -0.25) is 9.57 Å². The summed E-state index contributed by atoms with van der Waals surface area (Å²) in [6.45, 7) is 5.90. The third-order valence-electron chi connectivity index (χ3n) is 4.71. The van der Waals surface area contributed by atoms with Crippen molar-refractivity contribution in [2.45, 2.75) is 45.2 Å². The normalized spacial score (nSPS) is 14.2. The molecule has 32 heavy (non-hydrogen) atoms. The Bertz CT molecular complexity index is 1020. The van der Waals surface area contributed by atoms with Crippen LogP contribution in [0.15, 0.2) is 58.7 Å². The lowest BCUT2D eigenvalue weighted by Gasteiger charge is -2.32. The van der Waals surface area contributed by atoms with Gasteiger partial charge < -0.3 is 9.47 Å². The van der Waals surface area contributed by atoms with E-state index < -0.39 is 17.9 Å². The predicted molar refractivity (Wildman–Crippen MR) is 132 cm³/mol. The van der Waals surface area contributed by atoms with Gasteiger partial charge in [0.1, 0.15) is 23.1 Å². The lowest BCUT2D eigenvalue weighted by Crippen LogP contribution is -2.28. The topological polar surface area (TPSA) is 99.9 Å². The molecule has 0 radical (unpaired) electrons. The number of ether oxygens (including phenoxy) is 2.